The van der Waals surface area contributed by atoms with Crippen LogP contribution >= 0.6 is 0 Å². The van der Waals surface area contributed by atoms with E-state index in [1.807, 2.05) is 6.08 Å². The van der Waals surface area contributed by atoms with Gasteiger partial charge in [0.15, 0.2) is 5.78 Å². The molecule has 2 nitrogen and oxygen atoms in total. The van der Waals surface area contributed by atoms with Crippen molar-refractivity contribution in [1.29, 1.82) is 0 Å². The van der Waals surface area contributed by atoms with Crippen LogP contribution in [0.3, 0.4) is 0 Å². The van der Waals surface area contributed by atoms with E-state index in [-0.39, 0.29) is 10.8 Å². The lowest BCUT2D eigenvalue weighted by atomic mass is 9.47. The highest BCUT2D eigenvalue weighted by atomic mass is 16.1. The van der Waals surface area contributed by atoms with Gasteiger partial charge < -0.3 is 0 Å². The van der Waals surface area contributed by atoms with Crippen molar-refractivity contribution in [3.63, 3.8) is 0 Å². The fourth-order valence-electron chi connectivity index (χ4n) is 6.33. The predicted molar refractivity (Wildman–Crippen MR) is 81.7 cm³/mol. The number of hydrogen-bond donors (Lipinski definition) is 0. The Bertz CT molecular complexity index is 546. The molecule has 114 valence electrons. The highest BCUT2D eigenvalue weighted by Crippen LogP contribution is 2.64. The van der Waals surface area contributed by atoms with Crippen LogP contribution in [0, 0.1) is 28.6 Å². The summed E-state index contributed by atoms with van der Waals surface area (Å²) in [6, 6.07) is 0. The molecule has 3 fully saturated rings. The molecule has 1 unspecified atom stereocenters. The molecule has 4 aliphatic rings. The second kappa shape index (κ2) is 4.30. The summed E-state index contributed by atoms with van der Waals surface area (Å²) in [4.78, 5) is 24.1. The molecule has 0 aliphatic heterocycles. The predicted octanol–water partition coefficient (Wildman–Crippen LogP) is 4.09. The van der Waals surface area contributed by atoms with Crippen LogP contribution in [-0.4, -0.2) is 11.6 Å². The van der Waals surface area contributed by atoms with E-state index in [0.717, 1.165) is 38.5 Å². The maximum Gasteiger partial charge on any atom is 0.155 e. The maximum absolute atomic E-state index is 12.4. The maximum atomic E-state index is 12.4. The fraction of sp³-hybridized carbons (Fsp3) is 0.789. The largest absolute Gasteiger partial charge is 0.299 e. The van der Waals surface area contributed by atoms with Crippen LogP contribution in [0.4, 0.5) is 0 Å². The van der Waals surface area contributed by atoms with Crippen LogP contribution in [0.15, 0.2) is 11.6 Å². The van der Waals surface area contributed by atoms with Crippen molar-refractivity contribution in [2.24, 2.45) is 28.6 Å². The topological polar surface area (TPSA) is 34.1 Å². The van der Waals surface area contributed by atoms with E-state index in [1.54, 1.807) is 0 Å². The standard InChI is InChI=1S/C19H26O2/c1-18-9-7-13(20)11-12(18)3-4-14-15-5-6-17(21)19(15,2)10-8-16(14)18/h11,14-16H,3-10H2,1-2H3/t14-,15-,16-,18?,19-/m0/s1. The molecule has 0 saturated heterocycles. The molecule has 0 aromatic carbocycles. The molecule has 21 heavy (non-hydrogen) atoms. The molecule has 0 bridgehead atoms. The Morgan fingerprint density at radius 2 is 1.67 bits per heavy atom. The number of carbonyl (C=O) groups excluding carboxylic acids is 2. The van der Waals surface area contributed by atoms with E-state index < -0.39 is 0 Å². The lowest BCUT2D eigenvalue weighted by Gasteiger charge is -2.56. The Morgan fingerprint density at radius 1 is 0.905 bits per heavy atom. The zero-order valence-electron chi connectivity index (χ0n) is 13.3. The van der Waals surface area contributed by atoms with E-state index in [1.165, 1.54) is 18.4 Å². The molecule has 0 N–H and O–H groups in total. The van der Waals surface area contributed by atoms with Crippen molar-refractivity contribution in [3.8, 4) is 0 Å². The van der Waals surface area contributed by atoms with E-state index in [9.17, 15) is 9.59 Å². The molecule has 0 spiro atoms. The van der Waals surface area contributed by atoms with Gasteiger partial charge in [0.1, 0.15) is 5.78 Å². The first-order chi connectivity index (χ1) is 9.95. The summed E-state index contributed by atoms with van der Waals surface area (Å²) in [5.41, 5.74) is 1.64. The van der Waals surface area contributed by atoms with Crippen LogP contribution in [0.5, 0.6) is 0 Å². The van der Waals surface area contributed by atoms with Crippen molar-refractivity contribution in [1.82, 2.24) is 0 Å². The number of allylic oxidation sites excluding steroid dienone is 1. The van der Waals surface area contributed by atoms with E-state index in [2.05, 4.69) is 13.8 Å². The second-order valence-corrected chi connectivity index (χ2v) is 8.39. The van der Waals surface area contributed by atoms with Gasteiger partial charge in [-0.2, -0.15) is 0 Å². The monoisotopic (exact) mass is 286 g/mol. The van der Waals surface area contributed by atoms with Crippen molar-refractivity contribution in [2.45, 2.75) is 65.2 Å². The number of Topliss-reactive ketones (excluding diaryl/α,β-unsaturated/α-hetero) is 1. The highest BCUT2D eigenvalue weighted by molar-refractivity contribution is 5.91. The van der Waals surface area contributed by atoms with Gasteiger partial charge in [0.25, 0.3) is 0 Å². The van der Waals surface area contributed by atoms with Gasteiger partial charge in [-0.15, -0.1) is 0 Å². The molecule has 0 radical (unpaired) electrons. The minimum atomic E-state index is -0.0246. The van der Waals surface area contributed by atoms with Crippen LogP contribution in [0.1, 0.15) is 65.2 Å². The molecule has 4 rings (SSSR count). The SMILES string of the molecule is CC12CCC(=O)C=C1CC[C@@H]1[C@@H]2CC[C@]2(C)C(=O)CC[C@@H]12. The minimum absolute atomic E-state index is 0.0246. The van der Waals surface area contributed by atoms with Crippen LogP contribution < -0.4 is 0 Å². The molecular weight excluding hydrogens is 260 g/mol. The van der Waals surface area contributed by atoms with Gasteiger partial charge in [-0.1, -0.05) is 19.4 Å². The molecule has 3 saturated carbocycles. The normalized spacial score (nSPS) is 49.2. The summed E-state index contributed by atoms with van der Waals surface area (Å²) in [6.07, 6.45) is 10.2. The quantitative estimate of drug-likeness (QED) is 0.672. The number of hydrogen-bond acceptors (Lipinski definition) is 2. The minimum Gasteiger partial charge on any atom is -0.299 e. The zero-order chi connectivity index (χ0) is 14.8. The third kappa shape index (κ3) is 1.71. The van der Waals surface area contributed by atoms with Crippen molar-refractivity contribution in [2.75, 3.05) is 0 Å². The van der Waals surface area contributed by atoms with E-state index in [4.69, 9.17) is 0 Å². The molecule has 4 aliphatic carbocycles. The summed E-state index contributed by atoms with van der Waals surface area (Å²) in [7, 11) is 0. The Morgan fingerprint density at radius 3 is 2.48 bits per heavy atom. The Balaban J connectivity index is 1.70. The lowest BCUT2D eigenvalue weighted by molar-refractivity contribution is -0.132. The first-order valence-corrected chi connectivity index (χ1v) is 8.72. The number of rotatable bonds is 0. The van der Waals surface area contributed by atoms with Crippen molar-refractivity contribution >= 4 is 11.6 Å². The zero-order valence-corrected chi connectivity index (χ0v) is 13.3. The molecule has 2 heteroatoms. The van der Waals surface area contributed by atoms with Crippen molar-refractivity contribution < 1.29 is 9.59 Å². The lowest BCUT2D eigenvalue weighted by Crippen LogP contribution is -2.50. The van der Waals surface area contributed by atoms with Gasteiger partial charge in [-0.3, -0.25) is 9.59 Å². The number of fused-ring (bicyclic) bond motifs is 5. The van der Waals surface area contributed by atoms with Crippen LogP contribution in [0.2, 0.25) is 0 Å². The third-order valence-electron chi connectivity index (χ3n) is 7.67. The second-order valence-electron chi connectivity index (χ2n) is 8.39. The summed E-state index contributed by atoms with van der Waals surface area (Å²) in [6.45, 7) is 4.64. The average Bonchev–Trinajstić information content (AvgIpc) is 2.76. The molecule has 0 heterocycles. The molecule has 0 aromatic rings. The molecule has 5 atom stereocenters. The fourth-order valence-corrected chi connectivity index (χ4v) is 6.33. The van der Waals surface area contributed by atoms with E-state index >= 15 is 0 Å². The number of ketones is 2. The molecular formula is C19H26O2. The summed E-state index contributed by atoms with van der Waals surface area (Å²) >= 11 is 0. The Kier molecular flexibility index (Phi) is 2.81. The Hall–Kier alpha value is -0.920. The van der Waals surface area contributed by atoms with Crippen LogP contribution in [0.25, 0.3) is 0 Å². The Labute approximate surface area is 127 Å². The van der Waals surface area contributed by atoms with Crippen LogP contribution in [-0.2, 0) is 9.59 Å². The summed E-state index contributed by atoms with van der Waals surface area (Å²) in [5, 5.41) is 0. The van der Waals surface area contributed by atoms with Gasteiger partial charge in [-0.05, 0) is 67.8 Å². The van der Waals surface area contributed by atoms with Gasteiger partial charge >= 0.3 is 0 Å². The van der Waals surface area contributed by atoms with Gasteiger partial charge in [0.05, 0.1) is 0 Å². The van der Waals surface area contributed by atoms with E-state index in [0.29, 0.717) is 29.3 Å². The molecule has 0 amide bonds. The summed E-state index contributed by atoms with van der Waals surface area (Å²) < 4.78 is 0. The van der Waals surface area contributed by atoms with Gasteiger partial charge in [0.2, 0.25) is 0 Å². The van der Waals surface area contributed by atoms with Gasteiger partial charge in [0, 0.05) is 18.3 Å². The number of carbonyl (C=O) groups is 2. The smallest absolute Gasteiger partial charge is 0.155 e. The average molecular weight is 286 g/mol. The first kappa shape index (κ1) is 13.7. The summed E-state index contributed by atoms with van der Waals surface area (Å²) in [5.74, 6) is 2.88. The first-order valence-electron chi connectivity index (χ1n) is 8.72. The third-order valence-corrected chi connectivity index (χ3v) is 7.67. The highest BCUT2D eigenvalue weighted by Gasteiger charge is 2.58. The van der Waals surface area contributed by atoms with Gasteiger partial charge in [-0.25, -0.2) is 0 Å². The molecule has 0 aromatic heterocycles. The van der Waals surface area contributed by atoms with Crippen molar-refractivity contribution in [3.05, 3.63) is 11.6 Å².